The normalized spacial score (nSPS) is 11.0. The van der Waals surface area contributed by atoms with E-state index in [2.05, 4.69) is 0 Å². The lowest BCUT2D eigenvalue weighted by Crippen LogP contribution is -2.10. The quantitative estimate of drug-likeness (QED) is 0.132. The molecule has 0 bridgehead atoms. The maximum absolute atomic E-state index is 14.0. The van der Waals surface area contributed by atoms with Gasteiger partial charge in [-0.05, 0) is 36.1 Å². The number of ketones is 1. The highest BCUT2D eigenvalue weighted by Gasteiger charge is 2.30. The number of rotatable bonds is 6. The second-order valence-corrected chi connectivity index (χ2v) is 7.94. The molecule has 0 saturated heterocycles. The number of pyridine rings is 1. The van der Waals surface area contributed by atoms with E-state index in [4.69, 9.17) is 4.74 Å². The van der Waals surface area contributed by atoms with Crippen molar-refractivity contribution in [2.24, 2.45) is 0 Å². The van der Waals surface area contributed by atoms with Crippen LogP contribution in [0.15, 0.2) is 91.1 Å². The molecule has 7 heteroatoms. The molecule has 0 aliphatic carbocycles. The molecule has 0 amide bonds. The fourth-order valence-corrected chi connectivity index (χ4v) is 4.40. The number of carbonyl (C=O) groups is 2. The van der Waals surface area contributed by atoms with E-state index in [0.29, 0.717) is 22.2 Å². The standard InChI is InChI=1S/C28H20N2O5/c1-2-35-28(32)26-23(19-9-4-3-5-10-19)24(27(31)20-12-14-21(15-13-20)30(33)34)25-22-11-7-6-8-18(22)16-17-29(25)26/h3-17H,2H2,1H3. The first-order valence-corrected chi connectivity index (χ1v) is 11.1. The summed E-state index contributed by atoms with van der Waals surface area (Å²) in [6.07, 6.45) is 1.77. The molecule has 0 aliphatic heterocycles. The highest BCUT2D eigenvalue weighted by molar-refractivity contribution is 6.23. The van der Waals surface area contributed by atoms with Crippen LogP contribution in [-0.4, -0.2) is 27.7 Å². The number of benzene rings is 3. The second kappa shape index (κ2) is 8.87. The van der Waals surface area contributed by atoms with Gasteiger partial charge in [0.25, 0.3) is 5.69 Å². The lowest BCUT2D eigenvalue weighted by atomic mass is 9.93. The zero-order valence-corrected chi connectivity index (χ0v) is 18.8. The average Bonchev–Trinajstić information content (AvgIpc) is 3.25. The van der Waals surface area contributed by atoms with Crippen LogP contribution in [0.3, 0.4) is 0 Å². The largest absolute Gasteiger partial charge is 0.461 e. The topological polar surface area (TPSA) is 90.9 Å². The summed E-state index contributed by atoms with van der Waals surface area (Å²) in [6, 6.07) is 24.2. The zero-order valence-electron chi connectivity index (χ0n) is 18.8. The van der Waals surface area contributed by atoms with Crippen molar-refractivity contribution in [2.75, 3.05) is 6.61 Å². The summed E-state index contributed by atoms with van der Waals surface area (Å²) in [4.78, 5) is 37.9. The minimum Gasteiger partial charge on any atom is -0.461 e. The number of nitrogens with zero attached hydrogens (tertiary/aromatic N) is 2. The molecule has 3 aromatic carbocycles. The number of non-ortho nitro benzene ring substituents is 1. The molecule has 0 aliphatic rings. The fraction of sp³-hybridized carbons (Fsp3) is 0.0714. The molecule has 35 heavy (non-hydrogen) atoms. The maximum atomic E-state index is 14.0. The molecule has 0 fully saturated rings. The monoisotopic (exact) mass is 464 g/mol. The van der Waals surface area contributed by atoms with Gasteiger partial charge in [-0.15, -0.1) is 0 Å². The van der Waals surface area contributed by atoms with Crippen molar-refractivity contribution in [3.63, 3.8) is 0 Å². The van der Waals surface area contributed by atoms with Crippen molar-refractivity contribution in [1.82, 2.24) is 4.40 Å². The van der Waals surface area contributed by atoms with Crippen LogP contribution in [0.2, 0.25) is 0 Å². The number of hydrogen-bond donors (Lipinski definition) is 0. The predicted molar refractivity (Wildman–Crippen MR) is 133 cm³/mol. The van der Waals surface area contributed by atoms with Crippen molar-refractivity contribution < 1.29 is 19.2 Å². The number of nitro benzene ring substituents is 1. The van der Waals surface area contributed by atoms with Crippen LogP contribution >= 0.6 is 0 Å². The van der Waals surface area contributed by atoms with Gasteiger partial charge in [0.2, 0.25) is 0 Å². The van der Waals surface area contributed by atoms with E-state index < -0.39 is 10.9 Å². The van der Waals surface area contributed by atoms with E-state index in [1.165, 1.54) is 24.3 Å². The number of aromatic nitrogens is 1. The summed E-state index contributed by atoms with van der Waals surface area (Å²) in [5, 5.41) is 12.8. The van der Waals surface area contributed by atoms with E-state index in [0.717, 1.165) is 10.8 Å². The lowest BCUT2D eigenvalue weighted by molar-refractivity contribution is -0.384. The third kappa shape index (κ3) is 3.73. The molecule has 0 N–H and O–H groups in total. The molecule has 2 heterocycles. The highest BCUT2D eigenvalue weighted by Crippen LogP contribution is 2.38. The second-order valence-electron chi connectivity index (χ2n) is 7.94. The molecule has 5 rings (SSSR count). The molecule has 0 atom stereocenters. The molecule has 0 spiro atoms. The van der Waals surface area contributed by atoms with Gasteiger partial charge in [0.05, 0.1) is 22.6 Å². The van der Waals surface area contributed by atoms with Gasteiger partial charge in [-0.1, -0.05) is 54.6 Å². The Hall–Kier alpha value is -4.78. The van der Waals surface area contributed by atoms with Crippen LogP contribution in [0.4, 0.5) is 5.69 Å². The van der Waals surface area contributed by atoms with Gasteiger partial charge in [-0.3, -0.25) is 14.9 Å². The number of fused-ring (bicyclic) bond motifs is 3. The van der Waals surface area contributed by atoms with E-state index in [1.54, 1.807) is 17.5 Å². The summed E-state index contributed by atoms with van der Waals surface area (Å²) in [6.45, 7) is 1.91. The summed E-state index contributed by atoms with van der Waals surface area (Å²) < 4.78 is 7.11. The first kappa shape index (κ1) is 22.0. The Morgan fingerprint density at radius 2 is 1.60 bits per heavy atom. The molecule has 2 aromatic heterocycles. The number of carbonyl (C=O) groups excluding carboxylic acids is 2. The van der Waals surface area contributed by atoms with Gasteiger partial charge >= 0.3 is 5.97 Å². The zero-order chi connectivity index (χ0) is 24.5. The van der Waals surface area contributed by atoms with Gasteiger partial charge in [0, 0.05) is 34.8 Å². The van der Waals surface area contributed by atoms with Crippen LogP contribution in [-0.2, 0) is 4.74 Å². The summed E-state index contributed by atoms with van der Waals surface area (Å²) in [7, 11) is 0. The summed E-state index contributed by atoms with van der Waals surface area (Å²) in [5.74, 6) is -0.887. The van der Waals surface area contributed by atoms with Gasteiger partial charge in [-0.2, -0.15) is 0 Å². The molecule has 0 radical (unpaired) electrons. The molecule has 7 nitrogen and oxygen atoms in total. The smallest absolute Gasteiger partial charge is 0.355 e. The van der Waals surface area contributed by atoms with Gasteiger partial charge in [0.1, 0.15) is 5.69 Å². The molecular weight excluding hydrogens is 444 g/mol. The Bertz CT molecular complexity index is 1600. The average molecular weight is 464 g/mol. The van der Waals surface area contributed by atoms with E-state index in [-0.39, 0.29) is 29.3 Å². The molecular formula is C28H20N2O5. The van der Waals surface area contributed by atoms with Crippen molar-refractivity contribution >= 4 is 33.7 Å². The lowest BCUT2D eigenvalue weighted by Gasteiger charge is -2.08. The predicted octanol–water partition coefficient (Wildman–Crippen LogP) is 6.08. The SMILES string of the molecule is CCOC(=O)c1c(-c2ccccc2)c(C(=O)c2ccc([N+](=O)[O-])cc2)c2c3ccccc3ccn12. The molecule has 172 valence electrons. The Morgan fingerprint density at radius 1 is 0.914 bits per heavy atom. The summed E-state index contributed by atoms with van der Waals surface area (Å²) >= 11 is 0. The van der Waals surface area contributed by atoms with E-state index in [9.17, 15) is 19.7 Å². The third-order valence-corrected chi connectivity index (χ3v) is 5.92. The number of hydrogen-bond acceptors (Lipinski definition) is 5. The fourth-order valence-electron chi connectivity index (χ4n) is 4.40. The molecule has 5 aromatic rings. The van der Waals surface area contributed by atoms with Crippen LogP contribution in [0, 0.1) is 10.1 Å². The van der Waals surface area contributed by atoms with Crippen LogP contribution < -0.4 is 0 Å². The third-order valence-electron chi connectivity index (χ3n) is 5.92. The first-order chi connectivity index (χ1) is 17.0. The Morgan fingerprint density at radius 3 is 2.29 bits per heavy atom. The Labute approximate surface area is 200 Å². The van der Waals surface area contributed by atoms with Crippen LogP contribution in [0.1, 0.15) is 33.3 Å². The van der Waals surface area contributed by atoms with Crippen molar-refractivity contribution in [1.29, 1.82) is 0 Å². The van der Waals surface area contributed by atoms with Crippen LogP contribution in [0.5, 0.6) is 0 Å². The number of esters is 1. The highest BCUT2D eigenvalue weighted by atomic mass is 16.6. The molecule has 0 unspecified atom stereocenters. The van der Waals surface area contributed by atoms with Gasteiger partial charge < -0.3 is 9.14 Å². The van der Waals surface area contributed by atoms with Gasteiger partial charge in [0.15, 0.2) is 5.78 Å². The summed E-state index contributed by atoms with van der Waals surface area (Å²) in [5.41, 5.74) is 2.49. The number of nitro groups is 1. The number of ether oxygens (including phenoxy) is 1. The minimum atomic E-state index is -0.542. The van der Waals surface area contributed by atoms with Crippen molar-refractivity contribution in [3.05, 3.63) is 118 Å². The first-order valence-electron chi connectivity index (χ1n) is 11.1. The van der Waals surface area contributed by atoms with Crippen molar-refractivity contribution in [2.45, 2.75) is 6.92 Å². The van der Waals surface area contributed by atoms with E-state index >= 15 is 0 Å². The minimum absolute atomic E-state index is 0.107. The van der Waals surface area contributed by atoms with Crippen molar-refractivity contribution in [3.8, 4) is 11.1 Å². The Balaban J connectivity index is 1.90. The molecule has 0 saturated carbocycles. The Kier molecular flexibility index (Phi) is 5.58. The maximum Gasteiger partial charge on any atom is 0.355 e. The van der Waals surface area contributed by atoms with Gasteiger partial charge in [-0.25, -0.2) is 4.79 Å². The van der Waals surface area contributed by atoms with E-state index in [1.807, 2.05) is 60.7 Å². The van der Waals surface area contributed by atoms with Crippen LogP contribution in [0.25, 0.3) is 27.4 Å².